The van der Waals surface area contributed by atoms with Crippen molar-refractivity contribution < 1.29 is 4.74 Å². The zero-order valence-corrected chi connectivity index (χ0v) is 9.98. The van der Waals surface area contributed by atoms with Gasteiger partial charge in [-0.3, -0.25) is 0 Å². The van der Waals surface area contributed by atoms with Gasteiger partial charge in [-0.05, 0) is 19.3 Å². The van der Waals surface area contributed by atoms with Gasteiger partial charge in [0.15, 0.2) is 0 Å². The first kappa shape index (κ1) is 11.3. The molecule has 4 heteroatoms. The van der Waals surface area contributed by atoms with E-state index in [4.69, 9.17) is 10.5 Å². The van der Waals surface area contributed by atoms with Crippen LogP contribution in [0.15, 0.2) is 6.07 Å². The van der Waals surface area contributed by atoms with Gasteiger partial charge in [0.05, 0.1) is 12.6 Å². The summed E-state index contributed by atoms with van der Waals surface area (Å²) < 4.78 is 7.47. The van der Waals surface area contributed by atoms with E-state index >= 15 is 0 Å². The maximum Gasteiger partial charge on any atom is 0.234 e. The molecule has 0 aromatic carbocycles. The monoisotopic (exact) mass is 223 g/mol. The molecular formula is C12H21N3O. The molecule has 1 heterocycles. The van der Waals surface area contributed by atoms with E-state index in [1.54, 1.807) is 0 Å². The second-order valence-corrected chi connectivity index (χ2v) is 4.49. The van der Waals surface area contributed by atoms with E-state index in [0.29, 0.717) is 11.9 Å². The predicted octanol–water partition coefficient (Wildman–Crippen LogP) is 2.76. The Morgan fingerprint density at radius 2 is 2.25 bits per heavy atom. The predicted molar refractivity (Wildman–Crippen MR) is 64.5 cm³/mol. The molecule has 1 fully saturated rings. The molecule has 0 unspecified atom stereocenters. The Labute approximate surface area is 96.8 Å². The summed E-state index contributed by atoms with van der Waals surface area (Å²) in [6, 6.07) is 2.36. The number of nitrogens with zero attached hydrogens (tertiary/aromatic N) is 2. The van der Waals surface area contributed by atoms with Gasteiger partial charge in [0.2, 0.25) is 5.88 Å². The third-order valence-electron chi connectivity index (χ3n) is 2.88. The molecule has 2 N–H and O–H groups in total. The third-order valence-corrected chi connectivity index (χ3v) is 2.88. The number of nitrogens with two attached hydrogens (primary N) is 1. The summed E-state index contributed by atoms with van der Waals surface area (Å²) in [6.45, 7) is 2.96. The highest BCUT2D eigenvalue weighted by Crippen LogP contribution is 2.37. The number of ether oxygens (including phenoxy) is 1. The number of hydrogen-bond donors (Lipinski definition) is 1. The summed E-state index contributed by atoms with van der Waals surface area (Å²) in [5, 5.41) is 4.36. The smallest absolute Gasteiger partial charge is 0.234 e. The van der Waals surface area contributed by atoms with E-state index in [0.717, 1.165) is 18.8 Å². The lowest BCUT2D eigenvalue weighted by molar-refractivity contribution is 0.290. The standard InChI is InChI=1S/C12H21N3O/c1-2-3-4-5-8-16-12-9-11(13)15(14-12)10-6-7-10/h9-10H,2-8,13H2,1H3. The highest BCUT2D eigenvalue weighted by molar-refractivity contribution is 5.35. The summed E-state index contributed by atoms with van der Waals surface area (Å²) in [5.41, 5.74) is 5.85. The van der Waals surface area contributed by atoms with Crippen LogP contribution in [-0.2, 0) is 0 Å². The van der Waals surface area contributed by atoms with Gasteiger partial charge in [-0.2, -0.15) is 0 Å². The molecule has 2 rings (SSSR count). The fourth-order valence-electron chi connectivity index (χ4n) is 1.77. The minimum atomic E-state index is 0.525. The van der Waals surface area contributed by atoms with Crippen molar-refractivity contribution in [1.82, 2.24) is 9.78 Å². The van der Waals surface area contributed by atoms with E-state index in [1.165, 1.54) is 32.1 Å². The summed E-state index contributed by atoms with van der Waals surface area (Å²) >= 11 is 0. The van der Waals surface area contributed by atoms with Gasteiger partial charge in [-0.1, -0.05) is 26.2 Å². The van der Waals surface area contributed by atoms with Gasteiger partial charge in [-0.25, -0.2) is 4.68 Å². The zero-order valence-electron chi connectivity index (χ0n) is 9.98. The number of rotatable bonds is 7. The minimum absolute atomic E-state index is 0.525. The van der Waals surface area contributed by atoms with Crippen molar-refractivity contribution in [2.24, 2.45) is 0 Å². The fourth-order valence-corrected chi connectivity index (χ4v) is 1.77. The van der Waals surface area contributed by atoms with Crippen LogP contribution in [0, 0.1) is 0 Å². The van der Waals surface area contributed by atoms with Crippen LogP contribution in [0.2, 0.25) is 0 Å². The molecule has 0 bridgehead atoms. The van der Waals surface area contributed by atoms with Crippen molar-refractivity contribution in [3.05, 3.63) is 6.07 Å². The van der Waals surface area contributed by atoms with Crippen LogP contribution in [0.4, 0.5) is 5.82 Å². The molecule has 1 saturated carbocycles. The Kier molecular flexibility index (Phi) is 3.70. The number of unbranched alkanes of at least 4 members (excludes halogenated alkanes) is 3. The largest absolute Gasteiger partial charge is 0.477 e. The van der Waals surface area contributed by atoms with Crippen molar-refractivity contribution >= 4 is 5.82 Å². The average molecular weight is 223 g/mol. The van der Waals surface area contributed by atoms with Gasteiger partial charge in [0.1, 0.15) is 5.82 Å². The lowest BCUT2D eigenvalue weighted by Gasteiger charge is -2.02. The molecule has 0 amide bonds. The molecule has 1 aromatic rings. The summed E-state index contributed by atoms with van der Waals surface area (Å²) in [4.78, 5) is 0. The van der Waals surface area contributed by atoms with Crippen LogP contribution in [0.5, 0.6) is 5.88 Å². The Hall–Kier alpha value is -1.19. The Bertz CT molecular complexity index is 331. The molecule has 0 spiro atoms. The van der Waals surface area contributed by atoms with Crippen LogP contribution in [0.3, 0.4) is 0 Å². The number of anilines is 1. The maximum atomic E-state index is 5.85. The van der Waals surface area contributed by atoms with Crippen LogP contribution in [0.25, 0.3) is 0 Å². The van der Waals surface area contributed by atoms with E-state index in [2.05, 4.69) is 12.0 Å². The first-order valence-corrected chi connectivity index (χ1v) is 6.29. The lowest BCUT2D eigenvalue weighted by Crippen LogP contribution is -2.02. The molecular weight excluding hydrogens is 202 g/mol. The molecule has 90 valence electrons. The Morgan fingerprint density at radius 3 is 2.94 bits per heavy atom. The first-order valence-electron chi connectivity index (χ1n) is 6.29. The van der Waals surface area contributed by atoms with Crippen molar-refractivity contribution in [1.29, 1.82) is 0 Å². The van der Waals surface area contributed by atoms with Gasteiger partial charge in [0, 0.05) is 6.07 Å². The fraction of sp³-hybridized carbons (Fsp3) is 0.750. The van der Waals surface area contributed by atoms with Crippen LogP contribution in [0.1, 0.15) is 51.5 Å². The maximum absolute atomic E-state index is 5.85. The van der Waals surface area contributed by atoms with E-state index in [9.17, 15) is 0 Å². The van der Waals surface area contributed by atoms with Crippen LogP contribution < -0.4 is 10.5 Å². The van der Waals surface area contributed by atoms with Crippen LogP contribution in [-0.4, -0.2) is 16.4 Å². The molecule has 0 aliphatic heterocycles. The van der Waals surface area contributed by atoms with Crippen molar-refractivity contribution in [2.45, 2.75) is 51.5 Å². The molecule has 16 heavy (non-hydrogen) atoms. The minimum Gasteiger partial charge on any atom is -0.477 e. The first-order chi connectivity index (χ1) is 7.81. The molecule has 0 radical (unpaired) electrons. The van der Waals surface area contributed by atoms with Crippen molar-refractivity contribution in [3.63, 3.8) is 0 Å². The summed E-state index contributed by atoms with van der Waals surface area (Å²) in [7, 11) is 0. The molecule has 0 atom stereocenters. The van der Waals surface area contributed by atoms with Gasteiger partial charge < -0.3 is 10.5 Å². The normalized spacial score (nSPS) is 15.3. The number of hydrogen-bond acceptors (Lipinski definition) is 3. The third kappa shape index (κ3) is 2.90. The van der Waals surface area contributed by atoms with E-state index in [1.807, 2.05) is 10.7 Å². The second-order valence-electron chi connectivity index (χ2n) is 4.49. The number of aromatic nitrogens is 2. The quantitative estimate of drug-likeness (QED) is 0.723. The highest BCUT2D eigenvalue weighted by atomic mass is 16.5. The molecule has 1 aliphatic carbocycles. The van der Waals surface area contributed by atoms with Gasteiger partial charge >= 0.3 is 0 Å². The Morgan fingerprint density at radius 1 is 1.44 bits per heavy atom. The van der Waals surface area contributed by atoms with Gasteiger partial charge in [-0.15, -0.1) is 5.10 Å². The average Bonchev–Trinajstić information content (AvgIpc) is 3.04. The lowest BCUT2D eigenvalue weighted by atomic mass is 10.2. The second kappa shape index (κ2) is 5.23. The van der Waals surface area contributed by atoms with Crippen LogP contribution >= 0.6 is 0 Å². The molecule has 0 saturated heterocycles. The van der Waals surface area contributed by atoms with E-state index < -0.39 is 0 Å². The highest BCUT2D eigenvalue weighted by Gasteiger charge is 2.26. The topological polar surface area (TPSA) is 53.1 Å². The SMILES string of the molecule is CCCCCCOc1cc(N)n(C2CC2)n1. The van der Waals surface area contributed by atoms with E-state index in [-0.39, 0.29) is 0 Å². The number of nitrogen functional groups attached to an aromatic ring is 1. The summed E-state index contributed by atoms with van der Waals surface area (Å²) in [6.07, 6.45) is 7.26. The molecule has 1 aromatic heterocycles. The summed E-state index contributed by atoms with van der Waals surface area (Å²) in [5.74, 6) is 1.41. The van der Waals surface area contributed by atoms with Crippen molar-refractivity contribution in [3.8, 4) is 5.88 Å². The Balaban J connectivity index is 1.74. The van der Waals surface area contributed by atoms with Crippen molar-refractivity contribution in [2.75, 3.05) is 12.3 Å². The molecule has 4 nitrogen and oxygen atoms in total. The van der Waals surface area contributed by atoms with Gasteiger partial charge in [0.25, 0.3) is 0 Å². The molecule has 1 aliphatic rings. The zero-order chi connectivity index (χ0) is 11.4.